The Morgan fingerprint density at radius 3 is 2.00 bits per heavy atom. The number of carbonyl (C=O) groups is 1. The van der Waals surface area contributed by atoms with Crippen molar-refractivity contribution in [2.45, 2.75) is 45.4 Å². The molecular formula is C13H19BrN2O. The van der Waals surface area contributed by atoms with E-state index in [1.165, 1.54) is 0 Å². The maximum absolute atomic E-state index is 12.4. The third-order valence-corrected chi connectivity index (χ3v) is 3.30. The topological polar surface area (TPSA) is 42.9 Å². The fourth-order valence-corrected chi connectivity index (χ4v) is 2.10. The molecule has 0 saturated heterocycles. The lowest BCUT2D eigenvalue weighted by atomic mass is 9.72. The molecule has 1 aromatic rings. The largest absolute Gasteiger partial charge is 0.298 e. The lowest BCUT2D eigenvalue weighted by Crippen LogP contribution is -2.38. The van der Waals surface area contributed by atoms with Crippen LogP contribution in [0.1, 0.15) is 46.0 Å². The molecular weight excluding hydrogens is 280 g/mol. The number of ketones is 1. The van der Waals surface area contributed by atoms with E-state index >= 15 is 0 Å². The first-order valence-corrected chi connectivity index (χ1v) is 6.74. The van der Waals surface area contributed by atoms with Crippen LogP contribution in [-0.2, 0) is 15.5 Å². The predicted molar refractivity (Wildman–Crippen MR) is 72.2 cm³/mol. The van der Waals surface area contributed by atoms with Gasteiger partial charge in [-0.15, -0.1) is 0 Å². The van der Waals surface area contributed by atoms with E-state index in [9.17, 15) is 4.79 Å². The summed E-state index contributed by atoms with van der Waals surface area (Å²) in [7, 11) is 0. The van der Waals surface area contributed by atoms with E-state index in [0.29, 0.717) is 5.33 Å². The summed E-state index contributed by atoms with van der Waals surface area (Å²) in [4.78, 5) is 20.8. The number of aromatic nitrogens is 2. The minimum atomic E-state index is -0.552. The Bertz CT molecular complexity index is 404. The number of halogens is 1. The molecule has 0 unspecified atom stereocenters. The van der Waals surface area contributed by atoms with Gasteiger partial charge in [0.15, 0.2) is 0 Å². The van der Waals surface area contributed by atoms with Gasteiger partial charge in [-0.25, -0.2) is 9.97 Å². The number of rotatable bonds is 3. The molecule has 0 amide bonds. The van der Waals surface area contributed by atoms with Crippen molar-refractivity contribution in [2.75, 3.05) is 0 Å². The molecule has 0 N–H and O–H groups in total. The maximum atomic E-state index is 12.4. The van der Waals surface area contributed by atoms with Crippen LogP contribution >= 0.6 is 15.9 Å². The number of alkyl halides is 1. The first kappa shape index (κ1) is 14.3. The molecule has 0 bridgehead atoms. The Hall–Kier alpha value is -0.770. The van der Waals surface area contributed by atoms with Gasteiger partial charge in [-0.1, -0.05) is 36.7 Å². The van der Waals surface area contributed by atoms with Gasteiger partial charge in [0.05, 0.1) is 10.7 Å². The zero-order valence-corrected chi connectivity index (χ0v) is 12.6. The standard InChI is InChI=1S/C13H19BrN2O/c1-12(2,3)11(17)13(4,5)9-7-15-10(6-14)16-8-9/h7-8H,6H2,1-5H3. The Kier molecular flexibility index (Phi) is 4.07. The lowest BCUT2D eigenvalue weighted by Gasteiger charge is -2.30. The lowest BCUT2D eigenvalue weighted by molar-refractivity contribution is -0.131. The molecule has 17 heavy (non-hydrogen) atoms. The monoisotopic (exact) mass is 298 g/mol. The molecule has 3 nitrogen and oxygen atoms in total. The molecule has 0 radical (unpaired) electrons. The van der Waals surface area contributed by atoms with Crippen LogP contribution in [0.5, 0.6) is 0 Å². The molecule has 1 aromatic heterocycles. The molecule has 0 saturated carbocycles. The summed E-state index contributed by atoms with van der Waals surface area (Å²) in [6.07, 6.45) is 3.49. The summed E-state index contributed by atoms with van der Waals surface area (Å²) < 4.78 is 0. The third-order valence-electron chi connectivity index (χ3n) is 2.80. The molecule has 0 fully saturated rings. The highest BCUT2D eigenvalue weighted by Gasteiger charge is 2.37. The number of nitrogens with zero attached hydrogens (tertiary/aromatic N) is 2. The van der Waals surface area contributed by atoms with E-state index in [-0.39, 0.29) is 11.2 Å². The van der Waals surface area contributed by atoms with Crippen molar-refractivity contribution in [3.05, 3.63) is 23.8 Å². The molecule has 0 aliphatic heterocycles. The van der Waals surface area contributed by atoms with Gasteiger partial charge in [-0.05, 0) is 13.8 Å². The molecule has 1 heterocycles. The normalized spacial score (nSPS) is 12.6. The Morgan fingerprint density at radius 2 is 1.65 bits per heavy atom. The van der Waals surface area contributed by atoms with Crippen molar-refractivity contribution >= 4 is 21.7 Å². The number of hydrogen-bond donors (Lipinski definition) is 0. The van der Waals surface area contributed by atoms with E-state index in [1.807, 2.05) is 34.6 Å². The summed E-state index contributed by atoms with van der Waals surface area (Å²) in [6, 6.07) is 0. The van der Waals surface area contributed by atoms with Crippen LogP contribution in [0.15, 0.2) is 12.4 Å². The first-order valence-electron chi connectivity index (χ1n) is 5.62. The zero-order chi connectivity index (χ0) is 13.3. The first-order chi connectivity index (χ1) is 7.69. The number of carbonyl (C=O) groups excluding carboxylic acids is 1. The SMILES string of the molecule is CC(C)(C)C(=O)C(C)(C)c1cnc(CBr)nc1. The third kappa shape index (κ3) is 3.12. The van der Waals surface area contributed by atoms with Gasteiger partial charge in [0.2, 0.25) is 0 Å². The van der Waals surface area contributed by atoms with Crippen molar-refractivity contribution < 1.29 is 4.79 Å². The van der Waals surface area contributed by atoms with Gasteiger partial charge in [-0.3, -0.25) is 4.79 Å². The van der Waals surface area contributed by atoms with E-state index in [0.717, 1.165) is 11.4 Å². The summed E-state index contributed by atoms with van der Waals surface area (Å²) in [5.74, 6) is 0.924. The summed E-state index contributed by atoms with van der Waals surface area (Å²) in [5.41, 5.74) is -0.0529. The average molecular weight is 299 g/mol. The van der Waals surface area contributed by atoms with E-state index in [2.05, 4.69) is 25.9 Å². The maximum Gasteiger partial charge on any atom is 0.148 e. The Balaban J connectivity index is 3.08. The van der Waals surface area contributed by atoms with Crippen LogP contribution in [0, 0.1) is 5.41 Å². The van der Waals surface area contributed by atoms with Crippen LogP contribution in [0.4, 0.5) is 0 Å². The van der Waals surface area contributed by atoms with Crippen LogP contribution in [0.25, 0.3) is 0 Å². The molecule has 4 heteroatoms. The van der Waals surface area contributed by atoms with Gasteiger partial charge in [0, 0.05) is 23.4 Å². The fraction of sp³-hybridized carbons (Fsp3) is 0.615. The van der Waals surface area contributed by atoms with Crippen molar-refractivity contribution in [2.24, 2.45) is 5.41 Å². The van der Waals surface area contributed by atoms with Crippen LogP contribution in [0.3, 0.4) is 0 Å². The van der Waals surface area contributed by atoms with Gasteiger partial charge in [0.1, 0.15) is 11.6 Å². The van der Waals surface area contributed by atoms with Crippen LogP contribution < -0.4 is 0 Å². The van der Waals surface area contributed by atoms with Gasteiger partial charge < -0.3 is 0 Å². The van der Waals surface area contributed by atoms with Gasteiger partial charge in [-0.2, -0.15) is 0 Å². The van der Waals surface area contributed by atoms with Crippen molar-refractivity contribution in [3.63, 3.8) is 0 Å². The minimum Gasteiger partial charge on any atom is -0.298 e. The van der Waals surface area contributed by atoms with E-state index in [1.54, 1.807) is 12.4 Å². The highest BCUT2D eigenvalue weighted by atomic mass is 79.9. The molecule has 0 aliphatic carbocycles. The quantitative estimate of drug-likeness (QED) is 0.805. The van der Waals surface area contributed by atoms with Crippen LogP contribution in [0.2, 0.25) is 0 Å². The molecule has 0 spiro atoms. The average Bonchev–Trinajstić information content (AvgIpc) is 2.27. The van der Waals surface area contributed by atoms with E-state index < -0.39 is 5.41 Å². The van der Waals surface area contributed by atoms with Gasteiger partial charge >= 0.3 is 0 Å². The summed E-state index contributed by atoms with van der Waals surface area (Å²) >= 11 is 3.30. The molecule has 0 aliphatic rings. The van der Waals surface area contributed by atoms with Crippen molar-refractivity contribution in [3.8, 4) is 0 Å². The number of Topliss-reactive ketones (excluding diaryl/α,β-unsaturated/α-hetero) is 1. The van der Waals surface area contributed by atoms with Gasteiger partial charge in [0.25, 0.3) is 0 Å². The molecule has 1 rings (SSSR count). The zero-order valence-electron chi connectivity index (χ0n) is 11.0. The van der Waals surface area contributed by atoms with E-state index in [4.69, 9.17) is 0 Å². The summed E-state index contributed by atoms with van der Waals surface area (Å²) in [6.45, 7) is 9.65. The fourth-order valence-electron chi connectivity index (χ4n) is 1.82. The minimum absolute atomic E-state index is 0.195. The smallest absolute Gasteiger partial charge is 0.148 e. The second-order valence-electron chi connectivity index (χ2n) is 5.73. The Morgan fingerprint density at radius 1 is 1.18 bits per heavy atom. The predicted octanol–water partition coefficient (Wildman–Crippen LogP) is 3.26. The van der Waals surface area contributed by atoms with Crippen molar-refractivity contribution in [1.82, 2.24) is 9.97 Å². The number of hydrogen-bond acceptors (Lipinski definition) is 3. The second kappa shape index (κ2) is 4.84. The molecule has 94 valence electrons. The highest BCUT2D eigenvalue weighted by molar-refractivity contribution is 9.08. The second-order valence-corrected chi connectivity index (χ2v) is 6.29. The van der Waals surface area contributed by atoms with Crippen molar-refractivity contribution in [1.29, 1.82) is 0 Å². The van der Waals surface area contributed by atoms with Crippen LogP contribution in [-0.4, -0.2) is 15.8 Å². The highest BCUT2D eigenvalue weighted by Crippen LogP contribution is 2.31. The Labute approximate surface area is 111 Å². The summed E-state index contributed by atoms with van der Waals surface area (Å²) in [5, 5.41) is 0.626. The molecule has 0 aromatic carbocycles. The molecule has 0 atom stereocenters.